The molecular weight excluding hydrogens is 361 g/mol. The molecule has 28 heavy (non-hydrogen) atoms. The monoisotopic (exact) mass is 375 g/mol. The molecule has 1 aromatic heterocycles. The maximum Gasteiger partial charge on any atom is 0.333 e. The number of hydrogen-bond donors (Lipinski definition) is 0. The Hall–Kier alpha value is -3.87. The van der Waals surface area contributed by atoms with E-state index in [1.54, 1.807) is 18.2 Å². The molecule has 0 radical (unpaired) electrons. The van der Waals surface area contributed by atoms with Crippen LogP contribution in [-0.2, 0) is 11.3 Å². The van der Waals surface area contributed by atoms with E-state index in [1.165, 1.54) is 41.1 Å². The van der Waals surface area contributed by atoms with Gasteiger partial charge < -0.3 is 4.74 Å². The van der Waals surface area contributed by atoms with E-state index in [0.717, 1.165) is 5.52 Å². The number of fused-ring (bicyclic) bond motifs is 1. The molecule has 0 saturated heterocycles. The lowest BCUT2D eigenvalue weighted by Gasteiger charge is -2.06. The third-order valence-electron chi connectivity index (χ3n) is 4.15. The Labute approximate surface area is 159 Å². The molecule has 0 aliphatic carbocycles. The summed E-state index contributed by atoms with van der Waals surface area (Å²) in [6.45, 7) is -0.0865. The topological polar surface area (TPSA) is 74.1 Å². The summed E-state index contributed by atoms with van der Waals surface area (Å²) >= 11 is 0. The van der Waals surface area contributed by atoms with Gasteiger partial charge in [-0.05, 0) is 60.7 Å². The molecule has 0 amide bonds. The molecule has 0 N–H and O–H groups in total. The van der Waals surface area contributed by atoms with E-state index in [-0.39, 0.29) is 12.3 Å². The summed E-state index contributed by atoms with van der Waals surface area (Å²) in [7, 11) is 0. The zero-order valence-corrected chi connectivity index (χ0v) is 14.6. The van der Waals surface area contributed by atoms with Crippen LogP contribution in [0.4, 0.5) is 4.39 Å². The summed E-state index contributed by atoms with van der Waals surface area (Å²) in [6.07, 6.45) is 0. The van der Waals surface area contributed by atoms with Gasteiger partial charge >= 0.3 is 5.97 Å². The number of carbonyl (C=O) groups is 2. The van der Waals surface area contributed by atoms with Crippen LogP contribution in [-0.4, -0.2) is 26.7 Å². The number of ether oxygens (including phenoxy) is 1. The van der Waals surface area contributed by atoms with E-state index >= 15 is 0 Å². The van der Waals surface area contributed by atoms with Crippen LogP contribution in [0.5, 0.6) is 5.75 Å². The molecule has 0 saturated carbocycles. The highest BCUT2D eigenvalue weighted by molar-refractivity contribution is 6.09. The van der Waals surface area contributed by atoms with Gasteiger partial charge in [0.2, 0.25) is 0 Å². The second-order valence-corrected chi connectivity index (χ2v) is 6.07. The number of rotatable bonds is 5. The standard InChI is InChI=1S/C21H14FN3O3/c22-16-9-5-14(6-10-16)21(27)15-7-11-17(12-8-15)28-20(26)13-25-19-4-2-1-3-18(19)23-24-25/h1-12H,13H2. The summed E-state index contributed by atoms with van der Waals surface area (Å²) in [5, 5.41) is 7.94. The number of nitrogens with zero attached hydrogens (tertiary/aromatic N) is 3. The Morgan fingerprint density at radius 2 is 1.54 bits per heavy atom. The third-order valence-corrected chi connectivity index (χ3v) is 4.15. The van der Waals surface area contributed by atoms with Crippen molar-refractivity contribution in [2.24, 2.45) is 0 Å². The van der Waals surface area contributed by atoms with Crippen LogP contribution in [0.2, 0.25) is 0 Å². The minimum Gasteiger partial charge on any atom is -0.425 e. The van der Waals surface area contributed by atoms with Crippen molar-refractivity contribution in [3.05, 3.63) is 89.7 Å². The molecule has 0 aliphatic rings. The van der Waals surface area contributed by atoms with Gasteiger partial charge in [0.15, 0.2) is 5.78 Å². The van der Waals surface area contributed by atoms with Crippen molar-refractivity contribution in [2.75, 3.05) is 0 Å². The van der Waals surface area contributed by atoms with E-state index in [2.05, 4.69) is 10.3 Å². The van der Waals surface area contributed by atoms with Crippen LogP contribution in [0.3, 0.4) is 0 Å². The fourth-order valence-corrected chi connectivity index (χ4v) is 2.76. The minimum absolute atomic E-state index is 0.0865. The molecule has 4 rings (SSSR count). The second-order valence-electron chi connectivity index (χ2n) is 6.07. The lowest BCUT2D eigenvalue weighted by Crippen LogP contribution is -2.17. The van der Waals surface area contributed by atoms with E-state index in [1.807, 2.05) is 18.2 Å². The zero-order chi connectivity index (χ0) is 19.5. The highest BCUT2D eigenvalue weighted by Crippen LogP contribution is 2.17. The van der Waals surface area contributed by atoms with Crippen molar-refractivity contribution in [1.82, 2.24) is 15.0 Å². The van der Waals surface area contributed by atoms with Crippen LogP contribution < -0.4 is 4.74 Å². The number of para-hydroxylation sites is 1. The van der Waals surface area contributed by atoms with E-state index in [0.29, 0.717) is 22.4 Å². The van der Waals surface area contributed by atoms with E-state index < -0.39 is 11.8 Å². The normalized spacial score (nSPS) is 10.8. The number of carbonyl (C=O) groups excluding carboxylic acids is 2. The number of hydrogen-bond acceptors (Lipinski definition) is 5. The summed E-state index contributed by atoms with van der Waals surface area (Å²) in [4.78, 5) is 24.6. The molecule has 3 aromatic carbocycles. The molecule has 0 aliphatic heterocycles. The lowest BCUT2D eigenvalue weighted by molar-refractivity contribution is -0.135. The predicted octanol–water partition coefficient (Wildman–Crippen LogP) is 3.41. The first-order valence-electron chi connectivity index (χ1n) is 8.49. The van der Waals surface area contributed by atoms with Crippen molar-refractivity contribution in [1.29, 1.82) is 0 Å². The second kappa shape index (κ2) is 7.40. The average Bonchev–Trinajstić information content (AvgIpc) is 3.11. The highest BCUT2D eigenvalue weighted by Gasteiger charge is 2.12. The maximum atomic E-state index is 13.0. The third kappa shape index (κ3) is 3.64. The molecule has 0 spiro atoms. The van der Waals surface area contributed by atoms with E-state index in [9.17, 15) is 14.0 Å². The number of esters is 1. The average molecular weight is 375 g/mol. The summed E-state index contributed by atoms with van der Waals surface area (Å²) in [5.74, 6) is -0.843. The Morgan fingerprint density at radius 1 is 0.893 bits per heavy atom. The van der Waals surface area contributed by atoms with Gasteiger partial charge in [0.05, 0.1) is 5.52 Å². The first-order valence-corrected chi connectivity index (χ1v) is 8.49. The first kappa shape index (κ1) is 17.5. The minimum atomic E-state index is -0.506. The largest absolute Gasteiger partial charge is 0.425 e. The quantitative estimate of drug-likeness (QED) is 0.304. The smallest absolute Gasteiger partial charge is 0.333 e. The number of halogens is 1. The highest BCUT2D eigenvalue weighted by atomic mass is 19.1. The molecule has 0 atom stereocenters. The Kier molecular flexibility index (Phi) is 4.63. The van der Waals surface area contributed by atoms with Gasteiger partial charge in [-0.2, -0.15) is 0 Å². The first-order chi connectivity index (χ1) is 13.6. The van der Waals surface area contributed by atoms with Crippen LogP contribution in [0.15, 0.2) is 72.8 Å². The molecule has 0 fully saturated rings. The van der Waals surface area contributed by atoms with Crippen molar-refractivity contribution >= 4 is 22.8 Å². The van der Waals surface area contributed by atoms with Crippen LogP contribution >= 0.6 is 0 Å². The fraction of sp³-hybridized carbons (Fsp3) is 0.0476. The number of aromatic nitrogens is 3. The van der Waals surface area contributed by atoms with Gasteiger partial charge in [-0.15, -0.1) is 5.10 Å². The van der Waals surface area contributed by atoms with Crippen molar-refractivity contribution in [3.63, 3.8) is 0 Å². The lowest BCUT2D eigenvalue weighted by atomic mass is 10.0. The van der Waals surface area contributed by atoms with Gasteiger partial charge in [0, 0.05) is 11.1 Å². The van der Waals surface area contributed by atoms with Crippen molar-refractivity contribution in [2.45, 2.75) is 6.54 Å². The summed E-state index contributed by atoms with van der Waals surface area (Å²) in [6, 6.07) is 18.8. The van der Waals surface area contributed by atoms with Crippen LogP contribution in [0.25, 0.3) is 11.0 Å². The van der Waals surface area contributed by atoms with Gasteiger partial charge in [0.25, 0.3) is 0 Å². The molecule has 4 aromatic rings. The number of benzene rings is 3. The molecule has 6 nitrogen and oxygen atoms in total. The van der Waals surface area contributed by atoms with Gasteiger partial charge in [-0.3, -0.25) is 4.79 Å². The molecule has 0 unspecified atom stereocenters. The molecule has 0 bridgehead atoms. The molecule has 1 heterocycles. The Balaban J connectivity index is 1.43. The predicted molar refractivity (Wildman–Crippen MR) is 99.4 cm³/mol. The molecule has 7 heteroatoms. The van der Waals surface area contributed by atoms with Crippen molar-refractivity contribution < 1.29 is 18.7 Å². The van der Waals surface area contributed by atoms with Gasteiger partial charge in [0.1, 0.15) is 23.6 Å². The van der Waals surface area contributed by atoms with Gasteiger partial charge in [-0.25, -0.2) is 13.9 Å². The Bertz CT molecular complexity index is 1150. The Morgan fingerprint density at radius 3 is 2.25 bits per heavy atom. The molecular formula is C21H14FN3O3. The van der Waals surface area contributed by atoms with E-state index in [4.69, 9.17) is 4.74 Å². The van der Waals surface area contributed by atoms with Crippen LogP contribution in [0.1, 0.15) is 15.9 Å². The SMILES string of the molecule is O=C(Cn1nnc2ccccc21)Oc1ccc(C(=O)c2ccc(F)cc2)cc1. The maximum absolute atomic E-state index is 13.0. The zero-order valence-electron chi connectivity index (χ0n) is 14.6. The molecule has 138 valence electrons. The fourth-order valence-electron chi connectivity index (χ4n) is 2.76. The number of ketones is 1. The summed E-state index contributed by atoms with van der Waals surface area (Å²) in [5.41, 5.74) is 2.22. The van der Waals surface area contributed by atoms with Gasteiger partial charge in [-0.1, -0.05) is 17.3 Å². The summed E-state index contributed by atoms with van der Waals surface area (Å²) < 4.78 is 19.7. The van der Waals surface area contributed by atoms with Crippen molar-refractivity contribution in [3.8, 4) is 5.75 Å². The van der Waals surface area contributed by atoms with Crippen LogP contribution in [0, 0.1) is 5.82 Å².